The summed E-state index contributed by atoms with van der Waals surface area (Å²) in [6.45, 7) is 5.28. The van der Waals surface area contributed by atoms with E-state index in [1.54, 1.807) is 11.3 Å². The monoisotopic (exact) mass is 272 g/mol. The van der Waals surface area contributed by atoms with E-state index < -0.39 is 0 Å². The fourth-order valence-corrected chi connectivity index (χ4v) is 3.95. The Hall–Kier alpha value is -1.19. The smallest absolute Gasteiger partial charge is 0.0931 e. The topological polar surface area (TPSA) is 24.9 Å². The maximum atomic E-state index is 4.62. The summed E-state index contributed by atoms with van der Waals surface area (Å²) >= 11 is 1.80. The lowest BCUT2D eigenvalue weighted by atomic mass is 9.97. The molecule has 1 aromatic heterocycles. The molecule has 2 aromatic rings. The van der Waals surface area contributed by atoms with Crippen molar-refractivity contribution in [2.75, 3.05) is 6.54 Å². The maximum Gasteiger partial charge on any atom is 0.0931 e. The van der Waals surface area contributed by atoms with Gasteiger partial charge in [-0.3, -0.25) is 0 Å². The van der Waals surface area contributed by atoms with E-state index >= 15 is 0 Å². The summed E-state index contributed by atoms with van der Waals surface area (Å²) in [4.78, 5) is 4.62. The number of hydrogen-bond donors (Lipinski definition) is 1. The Labute approximate surface area is 118 Å². The third-order valence-corrected chi connectivity index (χ3v) is 4.86. The number of aryl methyl sites for hydroxylation is 1. The van der Waals surface area contributed by atoms with Crippen molar-refractivity contribution in [1.29, 1.82) is 0 Å². The van der Waals surface area contributed by atoms with Crippen molar-refractivity contribution in [1.82, 2.24) is 10.3 Å². The molecule has 1 aliphatic carbocycles. The molecule has 0 bridgehead atoms. The highest BCUT2D eigenvalue weighted by atomic mass is 32.1. The van der Waals surface area contributed by atoms with Crippen molar-refractivity contribution in [3.8, 4) is 0 Å². The molecule has 1 aliphatic rings. The number of rotatable bonds is 4. The van der Waals surface area contributed by atoms with Crippen molar-refractivity contribution in [3.63, 3.8) is 0 Å². The number of hydrogen-bond acceptors (Lipinski definition) is 3. The highest BCUT2D eigenvalue weighted by Gasteiger charge is 2.31. The second kappa shape index (κ2) is 5.43. The summed E-state index contributed by atoms with van der Waals surface area (Å²) in [7, 11) is 0. The molecule has 0 saturated heterocycles. The highest BCUT2D eigenvalue weighted by Crippen LogP contribution is 2.38. The van der Waals surface area contributed by atoms with Gasteiger partial charge in [0.1, 0.15) is 0 Å². The molecule has 3 rings (SSSR count). The summed E-state index contributed by atoms with van der Waals surface area (Å²) in [5.41, 5.74) is 4.14. The summed E-state index contributed by atoms with van der Waals surface area (Å²) in [5.74, 6) is 0.642. The zero-order valence-electron chi connectivity index (χ0n) is 11.5. The minimum absolute atomic E-state index is 0.491. The van der Waals surface area contributed by atoms with Crippen LogP contribution < -0.4 is 5.32 Å². The quantitative estimate of drug-likeness (QED) is 0.921. The van der Waals surface area contributed by atoms with Gasteiger partial charge in [-0.25, -0.2) is 4.98 Å². The van der Waals surface area contributed by atoms with Crippen LogP contribution in [0.15, 0.2) is 29.6 Å². The third-order valence-electron chi connectivity index (χ3n) is 3.87. The molecule has 1 aromatic carbocycles. The van der Waals surface area contributed by atoms with E-state index in [1.807, 2.05) is 0 Å². The molecule has 2 atom stereocenters. The number of nitrogens with zero attached hydrogens (tertiary/aromatic N) is 1. The molecule has 0 fully saturated rings. The average molecular weight is 272 g/mol. The molecule has 100 valence electrons. The summed E-state index contributed by atoms with van der Waals surface area (Å²) in [6.07, 6.45) is 2.26. The van der Waals surface area contributed by atoms with E-state index in [0.717, 1.165) is 18.7 Å². The second-order valence-electron chi connectivity index (χ2n) is 5.29. The fourth-order valence-electron chi connectivity index (χ4n) is 3.09. The number of benzene rings is 1. The number of aromatic nitrogens is 1. The van der Waals surface area contributed by atoms with Gasteiger partial charge in [-0.1, -0.05) is 31.2 Å². The Kier molecular flexibility index (Phi) is 3.67. The van der Waals surface area contributed by atoms with Crippen LogP contribution in [-0.2, 0) is 12.8 Å². The molecule has 0 amide bonds. The highest BCUT2D eigenvalue weighted by molar-refractivity contribution is 7.09. The number of thiazole rings is 1. The first-order valence-electron chi connectivity index (χ1n) is 7.00. The summed E-state index contributed by atoms with van der Waals surface area (Å²) in [5, 5.41) is 7.08. The minimum atomic E-state index is 0.491. The molecule has 19 heavy (non-hydrogen) atoms. The SMILES string of the molecule is CCNC1c2ccccc2CC1Cc1nc(C)cs1. The first-order valence-corrected chi connectivity index (χ1v) is 7.88. The Morgan fingerprint density at radius 2 is 2.21 bits per heavy atom. The van der Waals surface area contributed by atoms with Gasteiger partial charge in [-0.05, 0) is 36.9 Å². The molecule has 0 saturated carbocycles. The van der Waals surface area contributed by atoms with Crippen LogP contribution in [0.4, 0.5) is 0 Å². The van der Waals surface area contributed by atoms with Gasteiger partial charge in [-0.2, -0.15) is 0 Å². The minimum Gasteiger partial charge on any atom is -0.310 e. The van der Waals surface area contributed by atoms with E-state index in [-0.39, 0.29) is 0 Å². The van der Waals surface area contributed by atoms with E-state index in [2.05, 4.69) is 53.8 Å². The van der Waals surface area contributed by atoms with Gasteiger partial charge in [0.25, 0.3) is 0 Å². The van der Waals surface area contributed by atoms with Crippen molar-refractivity contribution < 1.29 is 0 Å². The lowest BCUT2D eigenvalue weighted by Crippen LogP contribution is -2.26. The standard InChI is InChI=1S/C16H20N2S/c1-3-17-16-13(9-15-18-11(2)10-19-15)8-12-6-4-5-7-14(12)16/h4-7,10,13,16-17H,3,8-9H2,1-2H3. The van der Waals surface area contributed by atoms with Crippen molar-refractivity contribution in [2.45, 2.75) is 32.7 Å². The van der Waals surface area contributed by atoms with Crippen molar-refractivity contribution in [3.05, 3.63) is 51.5 Å². The lowest BCUT2D eigenvalue weighted by Gasteiger charge is -2.20. The Morgan fingerprint density at radius 3 is 2.95 bits per heavy atom. The Morgan fingerprint density at radius 1 is 1.37 bits per heavy atom. The number of fused-ring (bicyclic) bond motifs is 1. The van der Waals surface area contributed by atoms with E-state index in [0.29, 0.717) is 12.0 Å². The Balaban J connectivity index is 1.82. The van der Waals surface area contributed by atoms with Gasteiger partial charge in [0.15, 0.2) is 0 Å². The zero-order chi connectivity index (χ0) is 13.2. The fraction of sp³-hybridized carbons (Fsp3) is 0.438. The van der Waals surface area contributed by atoms with Gasteiger partial charge in [0.05, 0.1) is 5.01 Å². The molecule has 0 radical (unpaired) electrons. The van der Waals surface area contributed by atoms with E-state index in [4.69, 9.17) is 0 Å². The zero-order valence-corrected chi connectivity index (χ0v) is 12.3. The summed E-state index contributed by atoms with van der Waals surface area (Å²) < 4.78 is 0. The van der Waals surface area contributed by atoms with Crippen LogP contribution >= 0.6 is 11.3 Å². The van der Waals surface area contributed by atoms with E-state index in [1.165, 1.54) is 22.6 Å². The molecule has 1 heterocycles. The molecular formula is C16H20N2S. The van der Waals surface area contributed by atoms with Gasteiger partial charge in [0.2, 0.25) is 0 Å². The van der Waals surface area contributed by atoms with Crippen LogP contribution in [0.3, 0.4) is 0 Å². The van der Waals surface area contributed by atoms with Gasteiger partial charge < -0.3 is 5.32 Å². The average Bonchev–Trinajstić information content (AvgIpc) is 2.96. The molecule has 2 unspecified atom stereocenters. The molecule has 2 nitrogen and oxygen atoms in total. The molecular weight excluding hydrogens is 252 g/mol. The van der Waals surface area contributed by atoms with Crippen molar-refractivity contribution in [2.24, 2.45) is 5.92 Å². The first-order chi connectivity index (χ1) is 9.28. The van der Waals surface area contributed by atoms with Gasteiger partial charge >= 0.3 is 0 Å². The first kappa shape index (κ1) is 12.8. The van der Waals surface area contributed by atoms with Crippen LogP contribution in [0.25, 0.3) is 0 Å². The van der Waals surface area contributed by atoms with Crippen LogP contribution in [0.2, 0.25) is 0 Å². The molecule has 0 aliphatic heterocycles. The molecule has 0 spiro atoms. The second-order valence-corrected chi connectivity index (χ2v) is 6.23. The normalized spacial score (nSPS) is 21.6. The van der Waals surface area contributed by atoms with Crippen LogP contribution in [0.5, 0.6) is 0 Å². The maximum absolute atomic E-state index is 4.62. The number of nitrogens with one attached hydrogen (secondary N) is 1. The predicted molar refractivity (Wildman–Crippen MR) is 80.6 cm³/mol. The summed E-state index contributed by atoms with van der Waals surface area (Å²) in [6, 6.07) is 9.34. The van der Waals surface area contributed by atoms with Gasteiger partial charge in [0, 0.05) is 23.5 Å². The molecule has 1 N–H and O–H groups in total. The van der Waals surface area contributed by atoms with Gasteiger partial charge in [-0.15, -0.1) is 11.3 Å². The Bertz CT molecular complexity index is 561. The third kappa shape index (κ3) is 2.58. The molecule has 3 heteroatoms. The van der Waals surface area contributed by atoms with E-state index in [9.17, 15) is 0 Å². The van der Waals surface area contributed by atoms with Crippen molar-refractivity contribution >= 4 is 11.3 Å². The lowest BCUT2D eigenvalue weighted by molar-refractivity contribution is 0.393. The van der Waals surface area contributed by atoms with Crippen LogP contribution in [0, 0.1) is 12.8 Å². The van der Waals surface area contributed by atoms with Crippen LogP contribution in [-0.4, -0.2) is 11.5 Å². The van der Waals surface area contributed by atoms with Crippen LogP contribution in [0.1, 0.15) is 34.8 Å². The predicted octanol–water partition coefficient (Wildman–Crippen LogP) is 3.52. The largest absolute Gasteiger partial charge is 0.310 e.